The number of anilines is 1. The van der Waals surface area contributed by atoms with Crippen LogP contribution in [0.4, 0.5) is 5.69 Å². The molecule has 4 rings (SSSR count). The van der Waals surface area contributed by atoms with Crippen LogP contribution < -0.4 is 10.1 Å². The molecule has 0 saturated carbocycles. The summed E-state index contributed by atoms with van der Waals surface area (Å²) in [5.41, 5.74) is 1.32. The molecule has 7 nitrogen and oxygen atoms in total. The summed E-state index contributed by atoms with van der Waals surface area (Å²) in [5.74, 6) is -1.66. The summed E-state index contributed by atoms with van der Waals surface area (Å²) in [6.45, 7) is -0.575. The van der Waals surface area contributed by atoms with Gasteiger partial charge in [0, 0.05) is 21.6 Å². The predicted octanol–water partition coefficient (Wildman–Crippen LogP) is 3.99. The molecule has 8 heteroatoms. The second kappa shape index (κ2) is 9.30. The lowest BCUT2D eigenvalue weighted by molar-refractivity contribution is -0.119. The van der Waals surface area contributed by atoms with Gasteiger partial charge in [-0.05, 0) is 30.5 Å². The quantitative estimate of drug-likeness (QED) is 0.342. The van der Waals surface area contributed by atoms with Crippen molar-refractivity contribution in [1.82, 2.24) is 0 Å². The lowest BCUT2D eigenvalue weighted by atomic mass is 9.83. The van der Waals surface area contributed by atoms with Gasteiger partial charge < -0.3 is 14.8 Å². The van der Waals surface area contributed by atoms with Gasteiger partial charge in [-0.1, -0.05) is 36.4 Å². The summed E-state index contributed by atoms with van der Waals surface area (Å²) in [5, 5.41) is 2.58. The van der Waals surface area contributed by atoms with Crippen LogP contribution in [-0.4, -0.2) is 43.4 Å². The van der Waals surface area contributed by atoms with Crippen LogP contribution in [0.25, 0.3) is 0 Å². The average Bonchev–Trinajstić information content (AvgIpc) is 2.85. The monoisotopic (exact) mass is 461 g/mol. The molecular weight excluding hydrogens is 442 g/mol. The number of methoxy groups -OCH3 is 1. The number of ether oxygens (including phenoxy) is 2. The maximum absolute atomic E-state index is 13.0. The van der Waals surface area contributed by atoms with E-state index < -0.39 is 18.5 Å². The number of fused-ring (bicyclic) bond motifs is 2. The topological polar surface area (TPSA) is 98.8 Å². The fourth-order valence-electron chi connectivity index (χ4n) is 3.61. The molecule has 1 amide bonds. The van der Waals surface area contributed by atoms with E-state index in [9.17, 15) is 19.2 Å². The van der Waals surface area contributed by atoms with Crippen molar-refractivity contribution in [2.24, 2.45) is 0 Å². The Balaban J connectivity index is 1.50. The van der Waals surface area contributed by atoms with Crippen LogP contribution in [-0.2, 0) is 9.53 Å². The van der Waals surface area contributed by atoms with E-state index in [0.29, 0.717) is 11.3 Å². The molecule has 33 heavy (non-hydrogen) atoms. The zero-order chi connectivity index (χ0) is 23.5. The van der Waals surface area contributed by atoms with Crippen LogP contribution in [0.1, 0.15) is 42.2 Å². The molecule has 0 fully saturated rings. The Kier molecular flexibility index (Phi) is 6.28. The van der Waals surface area contributed by atoms with Crippen molar-refractivity contribution in [3.8, 4) is 5.75 Å². The molecule has 0 aromatic heterocycles. The van der Waals surface area contributed by atoms with E-state index in [4.69, 9.17) is 9.47 Å². The number of hydrogen-bond donors (Lipinski definition) is 1. The van der Waals surface area contributed by atoms with Crippen LogP contribution in [0.2, 0.25) is 0 Å². The molecule has 0 heterocycles. The van der Waals surface area contributed by atoms with Gasteiger partial charge in [-0.3, -0.25) is 14.4 Å². The largest absolute Gasteiger partial charge is 0.496 e. The molecule has 3 aromatic carbocycles. The van der Waals surface area contributed by atoms with Gasteiger partial charge in [-0.2, -0.15) is 0 Å². The molecule has 0 atom stereocenters. The standard InChI is InChI=1S/C25H19NO6S/c1-31-20-12-14(33-2)10-11-17(20)25(30)32-13-21(27)26-19-9-5-8-18-22(19)24(29)16-7-4-3-6-15(16)23(18)28/h3-12H,13H2,1-2H3,(H,26,27). The van der Waals surface area contributed by atoms with E-state index >= 15 is 0 Å². The van der Waals surface area contributed by atoms with Crippen molar-refractivity contribution < 1.29 is 28.7 Å². The molecule has 0 unspecified atom stereocenters. The minimum absolute atomic E-state index is 0.121. The van der Waals surface area contributed by atoms with Crippen LogP contribution in [0.3, 0.4) is 0 Å². The van der Waals surface area contributed by atoms with Crippen molar-refractivity contribution >= 4 is 40.9 Å². The molecular formula is C25H19NO6S. The molecule has 0 aliphatic heterocycles. The molecule has 1 aliphatic rings. The highest BCUT2D eigenvalue weighted by molar-refractivity contribution is 7.98. The Morgan fingerprint density at radius 1 is 0.909 bits per heavy atom. The van der Waals surface area contributed by atoms with Gasteiger partial charge in [0.05, 0.1) is 18.4 Å². The van der Waals surface area contributed by atoms with E-state index in [0.717, 1.165) is 4.90 Å². The number of amides is 1. The van der Waals surface area contributed by atoms with E-state index in [-0.39, 0.29) is 39.5 Å². The van der Waals surface area contributed by atoms with Gasteiger partial charge >= 0.3 is 5.97 Å². The molecule has 1 N–H and O–H groups in total. The number of nitrogens with one attached hydrogen (secondary N) is 1. The summed E-state index contributed by atoms with van der Waals surface area (Å²) < 4.78 is 10.4. The molecule has 0 spiro atoms. The highest BCUT2D eigenvalue weighted by Gasteiger charge is 2.31. The van der Waals surface area contributed by atoms with Crippen LogP contribution in [0.15, 0.2) is 65.6 Å². The third-order valence-corrected chi connectivity index (χ3v) is 5.91. The van der Waals surface area contributed by atoms with Gasteiger partial charge in [0.2, 0.25) is 0 Å². The van der Waals surface area contributed by atoms with Gasteiger partial charge in [-0.25, -0.2) is 4.79 Å². The molecule has 1 aliphatic carbocycles. The zero-order valence-electron chi connectivity index (χ0n) is 17.8. The number of benzene rings is 3. The normalized spacial score (nSPS) is 11.9. The Hall–Kier alpha value is -3.91. The smallest absolute Gasteiger partial charge is 0.342 e. The zero-order valence-corrected chi connectivity index (χ0v) is 18.7. The summed E-state index contributed by atoms with van der Waals surface area (Å²) in [4.78, 5) is 51.7. The molecule has 0 saturated heterocycles. The first-order chi connectivity index (χ1) is 15.9. The Morgan fingerprint density at radius 3 is 2.30 bits per heavy atom. The number of hydrogen-bond acceptors (Lipinski definition) is 7. The maximum Gasteiger partial charge on any atom is 0.342 e. The first-order valence-electron chi connectivity index (χ1n) is 9.95. The van der Waals surface area contributed by atoms with E-state index in [1.807, 2.05) is 6.26 Å². The van der Waals surface area contributed by atoms with E-state index in [1.165, 1.54) is 24.9 Å². The number of ketones is 2. The summed E-state index contributed by atoms with van der Waals surface area (Å²) in [7, 11) is 1.44. The number of esters is 1. The summed E-state index contributed by atoms with van der Waals surface area (Å²) in [6.07, 6.45) is 1.90. The SMILES string of the molecule is COc1cc(SC)ccc1C(=O)OCC(=O)Nc1cccc2c1C(=O)c1ccccc1C2=O. The lowest BCUT2D eigenvalue weighted by Crippen LogP contribution is -2.26. The lowest BCUT2D eigenvalue weighted by Gasteiger charge is -2.20. The van der Waals surface area contributed by atoms with Gasteiger partial charge in [0.15, 0.2) is 18.2 Å². The third-order valence-electron chi connectivity index (χ3n) is 5.19. The van der Waals surface area contributed by atoms with Crippen LogP contribution in [0, 0.1) is 0 Å². The van der Waals surface area contributed by atoms with Crippen LogP contribution in [0.5, 0.6) is 5.75 Å². The maximum atomic E-state index is 13.0. The third kappa shape index (κ3) is 4.25. The average molecular weight is 461 g/mol. The second-order valence-corrected chi connectivity index (χ2v) is 8.00. The first-order valence-corrected chi connectivity index (χ1v) is 11.2. The number of carbonyl (C=O) groups is 4. The summed E-state index contributed by atoms with van der Waals surface area (Å²) >= 11 is 1.50. The Morgan fingerprint density at radius 2 is 1.61 bits per heavy atom. The minimum atomic E-state index is -0.718. The Labute approximate surface area is 194 Å². The fraction of sp³-hybridized carbons (Fsp3) is 0.120. The number of rotatable bonds is 6. The molecule has 166 valence electrons. The van der Waals surface area contributed by atoms with Crippen molar-refractivity contribution in [2.75, 3.05) is 25.3 Å². The predicted molar refractivity (Wildman–Crippen MR) is 123 cm³/mol. The van der Waals surface area contributed by atoms with Crippen molar-refractivity contribution in [2.45, 2.75) is 4.90 Å². The fourth-order valence-corrected chi connectivity index (χ4v) is 4.04. The molecule has 3 aromatic rings. The molecule has 0 bridgehead atoms. The highest BCUT2D eigenvalue weighted by Crippen LogP contribution is 2.32. The van der Waals surface area contributed by atoms with E-state index in [1.54, 1.807) is 54.6 Å². The van der Waals surface area contributed by atoms with Gasteiger partial charge in [-0.15, -0.1) is 11.8 Å². The van der Waals surface area contributed by atoms with E-state index in [2.05, 4.69) is 5.32 Å². The van der Waals surface area contributed by atoms with Crippen molar-refractivity contribution in [1.29, 1.82) is 0 Å². The van der Waals surface area contributed by atoms with Crippen molar-refractivity contribution in [3.63, 3.8) is 0 Å². The molecule has 0 radical (unpaired) electrons. The minimum Gasteiger partial charge on any atom is -0.496 e. The number of carbonyl (C=O) groups excluding carboxylic acids is 4. The van der Waals surface area contributed by atoms with Gasteiger partial charge in [0.1, 0.15) is 11.3 Å². The highest BCUT2D eigenvalue weighted by atomic mass is 32.2. The second-order valence-electron chi connectivity index (χ2n) is 7.12. The Bertz CT molecular complexity index is 1300. The first kappa shape index (κ1) is 22.3. The van der Waals surface area contributed by atoms with Crippen LogP contribution >= 0.6 is 11.8 Å². The van der Waals surface area contributed by atoms with Gasteiger partial charge in [0.25, 0.3) is 5.91 Å². The van der Waals surface area contributed by atoms with Crippen molar-refractivity contribution in [3.05, 3.63) is 88.5 Å². The summed E-state index contributed by atoms with van der Waals surface area (Å²) in [6, 6.07) is 16.2. The number of thioether (sulfide) groups is 1.